The summed E-state index contributed by atoms with van der Waals surface area (Å²) in [5.74, 6) is 1.78. The molecule has 2 aliphatic rings. The van der Waals surface area contributed by atoms with Crippen molar-refractivity contribution in [2.24, 2.45) is 11.8 Å². The van der Waals surface area contributed by atoms with Gasteiger partial charge in [-0.15, -0.1) is 0 Å². The molecule has 3 rings (SSSR count). The van der Waals surface area contributed by atoms with E-state index >= 15 is 0 Å². The van der Waals surface area contributed by atoms with E-state index < -0.39 is 0 Å². The Bertz CT molecular complexity index is 584. The molecule has 2 fully saturated rings. The van der Waals surface area contributed by atoms with Gasteiger partial charge in [0.1, 0.15) is 0 Å². The number of hydrogen-bond donors (Lipinski definition) is 1. The Labute approximate surface area is 170 Å². The van der Waals surface area contributed by atoms with E-state index in [-0.39, 0.29) is 5.91 Å². The van der Waals surface area contributed by atoms with E-state index in [2.05, 4.69) is 34.2 Å². The Morgan fingerprint density at radius 1 is 1.18 bits per heavy atom. The van der Waals surface area contributed by atoms with E-state index in [0.29, 0.717) is 12.1 Å². The summed E-state index contributed by atoms with van der Waals surface area (Å²) in [7, 11) is 4.52. The lowest BCUT2D eigenvalue weighted by atomic mass is 9.78. The first-order chi connectivity index (χ1) is 13.6. The summed E-state index contributed by atoms with van der Waals surface area (Å²) in [4.78, 5) is 21.0. The fraction of sp³-hybridized carbons (Fsp3) is 0.739. The zero-order valence-corrected chi connectivity index (χ0v) is 17.8. The first-order valence-corrected chi connectivity index (χ1v) is 11.2. The highest BCUT2D eigenvalue weighted by molar-refractivity contribution is 5.93. The molecular weight excluding hydrogens is 348 g/mol. The number of pyridine rings is 1. The first kappa shape index (κ1) is 21.3. The Balaban J connectivity index is 1.31. The summed E-state index contributed by atoms with van der Waals surface area (Å²) < 4.78 is 0. The minimum atomic E-state index is -0.0223. The van der Waals surface area contributed by atoms with Crippen LogP contribution in [0, 0.1) is 11.8 Å². The molecule has 5 heteroatoms. The standard InChI is InChI=1S/C23H38N4O/c1-26(2)22-8-4-3-6-20(22)10-9-19-11-15-27(16-12-19)17-14-25-23(28)21-7-5-13-24-18-21/h5,7,13,18-20,22H,3-4,6,8-12,14-17H2,1-2H3,(H,25,28)/t20?,22-/m0/s1. The van der Waals surface area contributed by atoms with E-state index in [9.17, 15) is 4.79 Å². The topological polar surface area (TPSA) is 48.5 Å². The maximum atomic E-state index is 12.1. The van der Waals surface area contributed by atoms with Gasteiger partial charge in [-0.05, 0) is 83.3 Å². The fourth-order valence-electron chi connectivity index (χ4n) is 5.08. The first-order valence-electron chi connectivity index (χ1n) is 11.2. The van der Waals surface area contributed by atoms with Gasteiger partial charge < -0.3 is 15.1 Å². The predicted molar refractivity (Wildman–Crippen MR) is 114 cm³/mol. The van der Waals surface area contributed by atoms with Gasteiger partial charge in [-0.1, -0.05) is 19.3 Å². The average Bonchev–Trinajstić information content (AvgIpc) is 2.74. The van der Waals surface area contributed by atoms with Crippen LogP contribution in [0.3, 0.4) is 0 Å². The van der Waals surface area contributed by atoms with Crippen LogP contribution in [0.5, 0.6) is 0 Å². The highest BCUT2D eigenvalue weighted by atomic mass is 16.1. The molecule has 1 aliphatic carbocycles. The van der Waals surface area contributed by atoms with E-state index in [4.69, 9.17) is 0 Å². The smallest absolute Gasteiger partial charge is 0.252 e. The van der Waals surface area contributed by atoms with Crippen molar-refractivity contribution in [3.8, 4) is 0 Å². The molecule has 0 radical (unpaired) electrons. The van der Waals surface area contributed by atoms with Gasteiger partial charge in [0.25, 0.3) is 5.91 Å². The third kappa shape index (κ3) is 6.28. The summed E-state index contributed by atoms with van der Waals surface area (Å²) in [6.07, 6.45) is 14.4. The molecule has 5 nitrogen and oxygen atoms in total. The van der Waals surface area contributed by atoms with Crippen LogP contribution in [0.4, 0.5) is 0 Å². The average molecular weight is 387 g/mol. The Kier molecular flexibility index (Phi) is 8.28. The molecule has 1 saturated heterocycles. The number of rotatable bonds is 8. The summed E-state index contributed by atoms with van der Waals surface area (Å²) in [5.41, 5.74) is 0.639. The largest absolute Gasteiger partial charge is 0.351 e. The van der Waals surface area contributed by atoms with E-state index in [1.54, 1.807) is 24.5 Å². The van der Waals surface area contributed by atoms with Gasteiger partial charge in [-0.25, -0.2) is 0 Å². The van der Waals surface area contributed by atoms with Crippen LogP contribution < -0.4 is 5.32 Å². The maximum Gasteiger partial charge on any atom is 0.252 e. The molecule has 1 aromatic heterocycles. The number of aromatic nitrogens is 1. The fourth-order valence-corrected chi connectivity index (χ4v) is 5.08. The Hall–Kier alpha value is -1.46. The molecule has 1 amide bonds. The number of likely N-dealkylation sites (tertiary alicyclic amines) is 1. The quantitative estimate of drug-likeness (QED) is 0.744. The van der Waals surface area contributed by atoms with Crippen molar-refractivity contribution in [3.63, 3.8) is 0 Å². The highest BCUT2D eigenvalue weighted by Crippen LogP contribution is 2.33. The second kappa shape index (κ2) is 10.9. The van der Waals surface area contributed by atoms with Crippen molar-refractivity contribution in [2.75, 3.05) is 40.3 Å². The van der Waals surface area contributed by atoms with Crippen LogP contribution in [-0.2, 0) is 0 Å². The highest BCUT2D eigenvalue weighted by Gasteiger charge is 2.28. The lowest BCUT2D eigenvalue weighted by Gasteiger charge is -2.38. The summed E-state index contributed by atoms with van der Waals surface area (Å²) in [6.45, 7) is 4.01. The Morgan fingerprint density at radius 2 is 1.96 bits per heavy atom. The van der Waals surface area contributed by atoms with Crippen molar-refractivity contribution < 1.29 is 4.79 Å². The summed E-state index contributed by atoms with van der Waals surface area (Å²) in [5, 5.41) is 3.02. The number of nitrogens with zero attached hydrogens (tertiary/aromatic N) is 3. The molecule has 0 bridgehead atoms. The SMILES string of the molecule is CN(C)[C@H]1CCCCC1CCC1CCN(CCNC(=O)c2cccnc2)CC1. The maximum absolute atomic E-state index is 12.1. The molecule has 0 aromatic carbocycles. The van der Waals surface area contributed by atoms with Crippen molar-refractivity contribution in [3.05, 3.63) is 30.1 Å². The second-order valence-electron chi connectivity index (χ2n) is 8.94. The van der Waals surface area contributed by atoms with Crippen LogP contribution in [0.15, 0.2) is 24.5 Å². The number of piperidine rings is 1. The van der Waals surface area contributed by atoms with Crippen LogP contribution >= 0.6 is 0 Å². The lowest BCUT2D eigenvalue weighted by molar-refractivity contribution is 0.0941. The van der Waals surface area contributed by atoms with E-state index in [1.807, 2.05) is 0 Å². The summed E-state index contributed by atoms with van der Waals surface area (Å²) >= 11 is 0. The van der Waals surface area contributed by atoms with Crippen molar-refractivity contribution in [2.45, 2.75) is 57.4 Å². The Morgan fingerprint density at radius 3 is 2.68 bits per heavy atom. The molecule has 2 atom stereocenters. The number of carbonyl (C=O) groups is 1. The third-order valence-electron chi connectivity index (χ3n) is 6.82. The van der Waals surface area contributed by atoms with Gasteiger partial charge in [0, 0.05) is 31.5 Å². The van der Waals surface area contributed by atoms with Crippen molar-refractivity contribution in [1.82, 2.24) is 20.1 Å². The predicted octanol–water partition coefficient (Wildman–Crippen LogP) is 3.42. The molecule has 2 heterocycles. The molecule has 1 N–H and O–H groups in total. The van der Waals surface area contributed by atoms with Gasteiger partial charge in [0.2, 0.25) is 0 Å². The second-order valence-corrected chi connectivity index (χ2v) is 8.94. The van der Waals surface area contributed by atoms with Gasteiger partial charge in [-0.3, -0.25) is 9.78 Å². The molecular formula is C23H38N4O. The molecule has 1 saturated carbocycles. The van der Waals surface area contributed by atoms with Gasteiger partial charge in [0.15, 0.2) is 0 Å². The zero-order valence-electron chi connectivity index (χ0n) is 17.8. The van der Waals surface area contributed by atoms with Crippen LogP contribution in [0.25, 0.3) is 0 Å². The number of carbonyl (C=O) groups excluding carboxylic acids is 1. The summed E-state index contributed by atoms with van der Waals surface area (Å²) in [6, 6.07) is 4.41. The third-order valence-corrected chi connectivity index (χ3v) is 6.82. The van der Waals surface area contributed by atoms with Crippen LogP contribution in [-0.4, -0.2) is 67.0 Å². The normalized spacial score (nSPS) is 24.4. The van der Waals surface area contributed by atoms with Crippen LogP contribution in [0.2, 0.25) is 0 Å². The van der Waals surface area contributed by atoms with Crippen molar-refractivity contribution in [1.29, 1.82) is 0 Å². The molecule has 28 heavy (non-hydrogen) atoms. The van der Waals surface area contributed by atoms with E-state index in [0.717, 1.165) is 24.4 Å². The van der Waals surface area contributed by atoms with Gasteiger partial charge in [0.05, 0.1) is 5.56 Å². The lowest BCUT2D eigenvalue weighted by Crippen LogP contribution is -2.40. The van der Waals surface area contributed by atoms with Crippen molar-refractivity contribution >= 4 is 5.91 Å². The molecule has 156 valence electrons. The van der Waals surface area contributed by atoms with Gasteiger partial charge >= 0.3 is 0 Å². The molecule has 1 unspecified atom stereocenters. The van der Waals surface area contributed by atoms with Crippen LogP contribution in [0.1, 0.15) is 61.7 Å². The zero-order chi connectivity index (χ0) is 19.8. The monoisotopic (exact) mass is 386 g/mol. The van der Waals surface area contributed by atoms with E-state index in [1.165, 1.54) is 64.5 Å². The van der Waals surface area contributed by atoms with Gasteiger partial charge in [-0.2, -0.15) is 0 Å². The molecule has 1 aromatic rings. The minimum Gasteiger partial charge on any atom is -0.351 e. The number of amides is 1. The number of hydrogen-bond acceptors (Lipinski definition) is 4. The molecule has 0 spiro atoms. The number of nitrogens with one attached hydrogen (secondary N) is 1. The molecule has 1 aliphatic heterocycles. The minimum absolute atomic E-state index is 0.0223.